The van der Waals surface area contributed by atoms with Gasteiger partial charge in [0.2, 0.25) is 6.79 Å². The lowest BCUT2D eigenvalue weighted by Gasteiger charge is -2.00. The number of ether oxygens (including phenoxy) is 2. The molecule has 0 saturated carbocycles. The Morgan fingerprint density at radius 1 is 1.09 bits per heavy atom. The van der Waals surface area contributed by atoms with Crippen LogP contribution in [0.3, 0.4) is 0 Å². The third-order valence-electron chi connectivity index (χ3n) is 3.52. The van der Waals surface area contributed by atoms with Crippen LogP contribution in [0.1, 0.15) is 11.4 Å². The smallest absolute Gasteiger partial charge is 0.259 e. The van der Waals surface area contributed by atoms with Crippen LogP contribution in [0.25, 0.3) is 23.1 Å². The van der Waals surface area contributed by atoms with Gasteiger partial charge in [-0.25, -0.2) is 4.98 Å². The molecule has 0 radical (unpaired) electrons. The van der Waals surface area contributed by atoms with E-state index >= 15 is 0 Å². The van der Waals surface area contributed by atoms with Crippen LogP contribution in [0.15, 0.2) is 41.2 Å². The van der Waals surface area contributed by atoms with E-state index in [0.29, 0.717) is 27.5 Å². The fourth-order valence-corrected chi connectivity index (χ4v) is 2.57. The van der Waals surface area contributed by atoms with Crippen molar-refractivity contribution in [3.05, 3.63) is 63.2 Å². The fourth-order valence-electron chi connectivity index (χ4n) is 2.40. The number of aromatic nitrogens is 2. The Morgan fingerprint density at radius 3 is 2.87 bits per heavy atom. The van der Waals surface area contributed by atoms with E-state index in [1.807, 2.05) is 24.3 Å². The number of aromatic amines is 1. The minimum atomic E-state index is -0.220. The zero-order valence-corrected chi connectivity index (χ0v) is 12.6. The highest BCUT2D eigenvalue weighted by Crippen LogP contribution is 2.32. The van der Waals surface area contributed by atoms with Crippen molar-refractivity contribution >= 4 is 34.7 Å². The van der Waals surface area contributed by atoms with Crippen LogP contribution in [0.5, 0.6) is 11.5 Å². The summed E-state index contributed by atoms with van der Waals surface area (Å²) in [5.41, 5.74) is 1.31. The molecule has 0 unspecified atom stereocenters. The lowest BCUT2D eigenvalue weighted by molar-refractivity contribution is 0.174. The molecule has 0 spiro atoms. The van der Waals surface area contributed by atoms with Crippen LogP contribution in [0.4, 0.5) is 0 Å². The Kier molecular flexibility index (Phi) is 3.28. The van der Waals surface area contributed by atoms with E-state index in [1.165, 1.54) is 0 Å². The van der Waals surface area contributed by atoms with Crippen LogP contribution < -0.4 is 15.0 Å². The predicted molar refractivity (Wildman–Crippen MR) is 88.9 cm³/mol. The highest BCUT2D eigenvalue weighted by Gasteiger charge is 2.12. The minimum absolute atomic E-state index is 0.220. The molecule has 1 aliphatic rings. The van der Waals surface area contributed by atoms with Crippen molar-refractivity contribution in [2.24, 2.45) is 0 Å². The molecule has 0 amide bonds. The second kappa shape index (κ2) is 5.44. The molecule has 2 heterocycles. The van der Waals surface area contributed by atoms with Crippen molar-refractivity contribution in [1.29, 1.82) is 0 Å². The van der Waals surface area contributed by atoms with Crippen LogP contribution in [-0.2, 0) is 0 Å². The molecule has 23 heavy (non-hydrogen) atoms. The van der Waals surface area contributed by atoms with E-state index in [2.05, 4.69) is 9.97 Å². The van der Waals surface area contributed by atoms with Gasteiger partial charge in [0.25, 0.3) is 5.56 Å². The number of halogens is 1. The molecule has 0 aliphatic carbocycles. The molecule has 0 fully saturated rings. The molecule has 6 heteroatoms. The Labute approximate surface area is 136 Å². The first-order chi connectivity index (χ1) is 11.2. The summed E-state index contributed by atoms with van der Waals surface area (Å²) in [5.74, 6) is 1.92. The molecule has 114 valence electrons. The first-order valence-electron chi connectivity index (χ1n) is 6.96. The molecule has 3 aromatic rings. The van der Waals surface area contributed by atoms with Gasteiger partial charge in [0.05, 0.1) is 10.9 Å². The summed E-state index contributed by atoms with van der Waals surface area (Å²) in [4.78, 5) is 19.2. The number of fused-ring (bicyclic) bond motifs is 2. The molecule has 0 saturated heterocycles. The van der Waals surface area contributed by atoms with Crippen molar-refractivity contribution in [1.82, 2.24) is 9.97 Å². The van der Waals surface area contributed by atoms with Crippen LogP contribution in [0.2, 0.25) is 5.02 Å². The lowest BCUT2D eigenvalue weighted by Crippen LogP contribution is -2.09. The van der Waals surface area contributed by atoms with Crippen molar-refractivity contribution in [3.63, 3.8) is 0 Å². The third-order valence-corrected chi connectivity index (χ3v) is 3.75. The molecular weight excluding hydrogens is 316 g/mol. The van der Waals surface area contributed by atoms with Gasteiger partial charge in [-0.1, -0.05) is 23.7 Å². The van der Waals surface area contributed by atoms with E-state index in [9.17, 15) is 4.79 Å². The highest BCUT2D eigenvalue weighted by molar-refractivity contribution is 6.31. The Balaban J connectivity index is 1.70. The molecule has 0 bridgehead atoms. The van der Waals surface area contributed by atoms with Crippen LogP contribution in [-0.4, -0.2) is 16.8 Å². The van der Waals surface area contributed by atoms with Gasteiger partial charge < -0.3 is 14.5 Å². The predicted octanol–water partition coefficient (Wildman–Crippen LogP) is 3.48. The topological polar surface area (TPSA) is 64.2 Å². The third kappa shape index (κ3) is 2.66. The molecule has 0 atom stereocenters. The fraction of sp³-hybridized carbons (Fsp3) is 0.0588. The molecule has 5 nitrogen and oxygen atoms in total. The van der Waals surface area contributed by atoms with Gasteiger partial charge in [0, 0.05) is 5.02 Å². The van der Waals surface area contributed by atoms with Gasteiger partial charge >= 0.3 is 0 Å². The Hall–Kier alpha value is -2.79. The summed E-state index contributed by atoms with van der Waals surface area (Å²) in [6.07, 6.45) is 3.59. The van der Waals surface area contributed by atoms with Crippen molar-refractivity contribution in [2.45, 2.75) is 0 Å². The maximum absolute atomic E-state index is 12.1. The Morgan fingerprint density at radius 2 is 1.96 bits per heavy atom. The largest absolute Gasteiger partial charge is 0.454 e. The monoisotopic (exact) mass is 326 g/mol. The number of nitrogens with zero attached hydrogens (tertiary/aromatic N) is 1. The van der Waals surface area contributed by atoms with Gasteiger partial charge in [0.15, 0.2) is 11.5 Å². The van der Waals surface area contributed by atoms with Crippen LogP contribution in [0, 0.1) is 0 Å². The number of H-pyrrole nitrogens is 1. The average Bonchev–Trinajstić information content (AvgIpc) is 3.01. The zero-order chi connectivity index (χ0) is 15.8. The minimum Gasteiger partial charge on any atom is -0.454 e. The summed E-state index contributed by atoms with van der Waals surface area (Å²) in [6, 6.07) is 10.7. The standard InChI is InChI=1S/C17H11ClN2O3/c18-11-3-4-13-12(8-11)17(21)20-16(19-13)6-2-10-1-5-14-15(7-10)23-9-22-14/h1-8H,9H2,(H,19,20,21). The van der Waals surface area contributed by atoms with Gasteiger partial charge in [-0.15, -0.1) is 0 Å². The molecule has 1 aromatic heterocycles. The molecular formula is C17H11ClN2O3. The number of hydrogen-bond acceptors (Lipinski definition) is 4. The van der Waals surface area contributed by atoms with Crippen LogP contribution >= 0.6 is 11.6 Å². The maximum Gasteiger partial charge on any atom is 0.259 e. The Bertz CT molecular complexity index is 995. The van der Waals surface area contributed by atoms with E-state index < -0.39 is 0 Å². The van der Waals surface area contributed by atoms with E-state index in [1.54, 1.807) is 24.3 Å². The first-order valence-corrected chi connectivity index (χ1v) is 7.34. The number of nitrogens with one attached hydrogen (secondary N) is 1. The number of benzene rings is 2. The van der Waals surface area contributed by atoms with Crippen molar-refractivity contribution in [2.75, 3.05) is 6.79 Å². The zero-order valence-electron chi connectivity index (χ0n) is 11.9. The molecule has 4 rings (SSSR count). The second-order valence-electron chi connectivity index (χ2n) is 5.06. The number of hydrogen-bond donors (Lipinski definition) is 1. The summed E-state index contributed by atoms with van der Waals surface area (Å²) in [5, 5.41) is 0.978. The van der Waals surface area contributed by atoms with Gasteiger partial charge in [-0.05, 0) is 42.0 Å². The normalized spacial score (nSPS) is 13.1. The van der Waals surface area contributed by atoms with Gasteiger partial charge in [0.1, 0.15) is 5.82 Å². The lowest BCUT2D eigenvalue weighted by atomic mass is 10.2. The summed E-state index contributed by atoms with van der Waals surface area (Å²) >= 11 is 5.90. The molecule has 2 aromatic carbocycles. The van der Waals surface area contributed by atoms with E-state index in [4.69, 9.17) is 21.1 Å². The van der Waals surface area contributed by atoms with Crippen molar-refractivity contribution in [3.8, 4) is 11.5 Å². The first kappa shape index (κ1) is 13.8. The second-order valence-corrected chi connectivity index (χ2v) is 5.50. The van der Waals surface area contributed by atoms with Crippen molar-refractivity contribution < 1.29 is 9.47 Å². The summed E-state index contributed by atoms with van der Waals surface area (Å²) < 4.78 is 10.6. The van der Waals surface area contributed by atoms with Gasteiger partial charge in [-0.2, -0.15) is 0 Å². The summed E-state index contributed by atoms with van der Waals surface area (Å²) in [6.45, 7) is 0.241. The summed E-state index contributed by atoms with van der Waals surface area (Å²) in [7, 11) is 0. The van der Waals surface area contributed by atoms with Gasteiger partial charge in [-0.3, -0.25) is 4.79 Å². The SMILES string of the molecule is O=c1[nH]c(C=Cc2ccc3c(c2)OCO3)nc2ccc(Cl)cc12. The maximum atomic E-state index is 12.1. The molecule has 1 N–H and O–H groups in total. The van der Waals surface area contributed by atoms with E-state index in [0.717, 1.165) is 11.3 Å². The van der Waals surface area contributed by atoms with E-state index in [-0.39, 0.29) is 12.4 Å². The average molecular weight is 327 g/mol. The molecule has 1 aliphatic heterocycles. The number of rotatable bonds is 2. The quantitative estimate of drug-likeness (QED) is 0.783. The highest BCUT2D eigenvalue weighted by atomic mass is 35.5.